The molecule has 7 heteroatoms. The fourth-order valence-electron chi connectivity index (χ4n) is 2.67. The zero-order valence-electron chi connectivity index (χ0n) is 13.7. The molecule has 0 saturated heterocycles. The van der Waals surface area contributed by atoms with Crippen molar-refractivity contribution in [2.45, 2.75) is 40.7 Å². The lowest BCUT2D eigenvalue weighted by Gasteiger charge is -2.13. The highest BCUT2D eigenvalue weighted by molar-refractivity contribution is 5.92. The summed E-state index contributed by atoms with van der Waals surface area (Å²) in [6.45, 7) is 7.60. The monoisotopic (exact) mass is 316 g/mol. The largest absolute Gasteiger partial charge is 0.476 e. The zero-order valence-corrected chi connectivity index (χ0v) is 13.7. The Balaban J connectivity index is 2.19. The third-order valence-corrected chi connectivity index (χ3v) is 3.61. The third-order valence-electron chi connectivity index (χ3n) is 3.61. The van der Waals surface area contributed by atoms with E-state index in [1.165, 1.54) is 4.68 Å². The number of carbonyl (C=O) groups is 2. The molecule has 0 radical (unpaired) electrons. The highest BCUT2D eigenvalue weighted by atomic mass is 16.4. The molecular formula is C16H20N4O3. The molecular weight excluding hydrogens is 296 g/mol. The van der Waals surface area contributed by atoms with Gasteiger partial charge in [0.05, 0.1) is 5.69 Å². The summed E-state index contributed by atoms with van der Waals surface area (Å²) in [4.78, 5) is 23.3. The molecule has 23 heavy (non-hydrogen) atoms. The van der Waals surface area contributed by atoms with Crippen LogP contribution in [0.15, 0.2) is 12.1 Å². The van der Waals surface area contributed by atoms with Crippen LogP contribution in [-0.4, -0.2) is 32.0 Å². The topological polar surface area (TPSA) is 97.1 Å². The maximum atomic E-state index is 12.3. The highest BCUT2D eigenvalue weighted by Crippen LogP contribution is 2.22. The van der Waals surface area contributed by atoms with Gasteiger partial charge < -0.3 is 10.4 Å². The van der Waals surface area contributed by atoms with Crippen LogP contribution in [0, 0.1) is 20.8 Å². The quantitative estimate of drug-likeness (QED) is 0.880. The number of aromatic carboxylic acids is 1. The van der Waals surface area contributed by atoms with Crippen LogP contribution in [-0.2, 0) is 17.8 Å². The Labute approximate surface area is 134 Å². The second-order valence-electron chi connectivity index (χ2n) is 5.52. The summed E-state index contributed by atoms with van der Waals surface area (Å²) in [5.41, 5.74) is 4.20. The number of carboxylic acids is 1. The van der Waals surface area contributed by atoms with E-state index in [1.54, 1.807) is 6.92 Å². The van der Waals surface area contributed by atoms with Crippen molar-refractivity contribution in [1.29, 1.82) is 0 Å². The van der Waals surface area contributed by atoms with Gasteiger partial charge in [-0.15, -0.1) is 5.10 Å². The number of carboxylic acid groups (broad SMARTS) is 1. The van der Waals surface area contributed by atoms with Gasteiger partial charge in [-0.1, -0.05) is 29.8 Å². The van der Waals surface area contributed by atoms with E-state index in [1.807, 2.05) is 32.9 Å². The number of rotatable bonds is 5. The predicted octanol–water partition coefficient (Wildman–Crippen LogP) is 2.10. The number of aryl methyl sites for hydroxylation is 3. The van der Waals surface area contributed by atoms with Crippen molar-refractivity contribution in [2.24, 2.45) is 0 Å². The van der Waals surface area contributed by atoms with E-state index in [4.69, 9.17) is 5.11 Å². The Morgan fingerprint density at radius 3 is 2.35 bits per heavy atom. The molecule has 0 fully saturated rings. The summed E-state index contributed by atoms with van der Waals surface area (Å²) < 4.78 is 1.33. The number of nitrogens with zero attached hydrogens (tertiary/aromatic N) is 3. The van der Waals surface area contributed by atoms with Gasteiger partial charge in [-0.05, 0) is 38.3 Å². The van der Waals surface area contributed by atoms with Crippen molar-refractivity contribution in [3.05, 3.63) is 40.2 Å². The van der Waals surface area contributed by atoms with Crippen LogP contribution >= 0.6 is 0 Å². The van der Waals surface area contributed by atoms with E-state index in [9.17, 15) is 9.59 Å². The minimum Gasteiger partial charge on any atom is -0.476 e. The lowest BCUT2D eigenvalue weighted by Crippen LogP contribution is -2.22. The molecule has 2 N–H and O–H groups in total. The van der Waals surface area contributed by atoms with E-state index < -0.39 is 5.97 Å². The summed E-state index contributed by atoms with van der Waals surface area (Å²) in [5.74, 6) is -1.41. The number of amides is 1. The fourth-order valence-corrected chi connectivity index (χ4v) is 2.67. The van der Waals surface area contributed by atoms with Crippen molar-refractivity contribution in [3.8, 4) is 0 Å². The first-order valence-electron chi connectivity index (χ1n) is 7.36. The van der Waals surface area contributed by atoms with Gasteiger partial charge in [0.15, 0.2) is 5.69 Å². The zero-order chi connectivity index (χ0) is 17.1. The molecule has 7 nitrogen and oxygen atoms in total. The average Bonchev–Trinajstić information content (AvgIpc) is 2.85. The molecule has 0 aliphatic rings. The van der Waals surface area contributed by atoms with E-state index in [-0.39, 0.29) is 18.1 Å². The van der Waals surface area contributed by atoms with Gasteiger partial charge in [-0.25, -0.2) is 9.48 Å². The molecule has 1 aromatic carbocycles. The lowest BCUT2D eigenvalue weighted by molar-refractivity contribution is -0.117. The smallest absolute Gasteiger partial charge is 0.358 e. The van der Waals surface area contributed by atoms with Crippen molar-refractivity contribution in [2.75, 3.05) is 5.32 Å². The van der Waals surface area contributed by atoms with Crippen LogP contribution in [0.3, 0.4) is 0 Å². The Bertz CT molecular complexity index is 742. The molecule has 0 atom stereocenters. The Hall–Kier alpha value is -2.70. The normalized spacial score (nSPS) is 10.6. The average molecular weight is 316 g/mol. The molecule has 1 aromatic heterocycles. The maximum Gasteiger partial charge on any atom is 0.358 e. The minimum atomic E-state index is -1.14. The molecule has 2 aromatic rings. The van der Waals surface area contributed by atoms with Gasteiger partial charge in [0, 0.05) is 5.69 Å². The van der Waals surface area contributed by atoms with Crippen molar-refractivity contribution in [1.82, 2.24) is 15.0 Å². The van der Waals surface area contributed by atoms with Crippen molar-refractivity contribution in [3.63, 3.8) is 0 Å². The van der Waals surface area contributed by atoms with Crippen LogP contribution < -0.4 is 5.32 Å². The van der Waals surface area contributed by atoms with Gasteiger partial charge in [0.1, 0.15) is 6.54 Å². The number of hydrogen-bond donors (Lipinski definition) is 2. The Morgan fingerprint density at radius 1 is 1.22 bits per heavy atom. The SMILES string of the molecule is CCc1c(C(=O)O)nnn1CC(=O)Nc1c(C)cc(C)cc1C. The van der Waals surface area contributed by atoms with Gasteiger partial charge >= 0.3 is 5.97 Å². The van der Waals surface area contributed by atoms with E-state index >= 15 is 0 Å². The van der Waals surface area contributed by atoms with Crippen LogP contribution in [0.5, 0.6) is 0 Å². The number of aromatic nitrogens is 3. The van der Waals surface area contributed by atoms with E-state index in [0.29, 0.717) is 12.1 Å². The molecule has 0 unspecified atom stereocenters. The molecule has 1 heterocycles. The fraction of sp³-hybridized carbons (Fsp3) is 0.375. The third kappa shape index (κ3) is 3.56. The molecule has 2 rings (SSSR count). The molecule has 122 valence electrons. The van der Waals surface area contributed by atoms with Gasteiger partial charge in [0.2, 0.25) is 5.91 Å². The first-order valence-corrected chi connectivity index (χ1v) is 7.36. The summed E-state index contributed by atoms with van der Waals surface area (Å²) in [6, 6.07) is 4.00. The molecule has 0 spiro atoms. The number of hydrogen-bond acceptors (Lipinski definition) is 4. The molecule has 1 amide bonds. The van der Waals surface area contributed by atoms with Gasteiger partial charge in [-0.2, -0.15) is 0 Å². The first kappa shape index (κ1) is 16.7. The molecule has 0 bridgehead atoms. The van der Waals surface area contributed by atoms with Crippen LogP contribution in [0.4, 0.5) is 5.69 Å². The summed E-state index contributed by atoms with van der Waals surface area (Å²) >= 11 is 0. The predicted molar refractivity (Wildman–Crippen MR) is 85.6 cm³/mol. The molecule has 0 saturated carbocycles. The number of anilines is 1. The summed E-state index contributed by atoms with van der Waals surface area (Å²) in [7, 11) is 0. The van der Waals surface area contributed by atoms with Crippen molar-refractivity contribution < 1.29 is 14.7 Å². The minimum absolute atomic E-state index is 0.0732. The second kappa shape index (κ2) is 6.60. The highest BCUT2D eigenvalue weighted by Gasteiger charge is 2.19. The van der Waals surface area contributed by atoms with Gasteiger partial charge in [-0.3, -0.25) is 4.79 Å². The number of carbonyl (C=O) groups excluding carboxylic acids is 1. The number of nitrogens with one attached hydrogen (secondary N) is 1. The lowest BCUT2D eigenvalue weighted by atomic mass is 10.1. The molecule has 0 aliphatic heterocycles. The van der Waals surface area contributed by atoms with Crippen LogP contribution in [0.1, 0.15) is 39.8 Å². The second-order valence-corrected chi connectivity index (χ2v) is 5.52. The Kier molecular flexibility index (Phi) is 4.78. The standard InChI is InChI=1S/C16H20N4O3/c1-5-12-15(16(22)23)18-19-20(12)8-13(21)17-14-10(3)6-9(2)7-11(14)4/h6-7H,5,8H2,1-4H3,(H,17,21)(H,22,23). The van der Waals surface area contributed by atoms with Crippen LogP contribution in [0.2, 0.25) is 0 Å². The molecule has 0 aliphatic carbocycles. The number of benzene rings is 1. The summed E-state index contributed by atoms with van der Waals surface area (Å²) in [6.07, 6.45) is 0.435. The maximum absolute atomic E-state index is 12.3. The Morgan fingerprint density at radius 2 is 1.83 bits per heavy atom. The van der Waals surface area contributed by atoms with Gasteiger partial charge in [0.25, 0.3) is 0 Å². The van der Waals surface area contributed by atoms with E-state index in [2.05, 4.69) is 15.6 Å². The van der Waals surface area contributed by atoms with Crippen LogP contribution in [0.25, 0.3) is 0 Å². The van der Waals surface area contributed by atoms with E-state index in [0.717, 1.165) is 22.4 Å². The summed E-state index contributed by atoms with van der Waals surface area (Å²) in [5, 5.41) is 19.3. The van der Waals surface area contributed by atoms with Crippen molar-refractivity contribution >= 4 is 17.6 Å². The first-order chi connectivity index (χ1) is 10.8.